The van der Waals surface area contributed by atoms with Crippen LogP contribution in [-0.2, 0) is 14.4 Å². The van der Waals surface area contributed by atoms with Crippen LogP contribution in [0, 0.1) is 5.82 Å². The van der Waals surface area contributed by atoms with Crippen LogP contribution >= 0.6 is 12.2 Å². The van der Waals surface area contributed by atoms with Gasteiger partial charge in [-0.3, -0.25) is 19.7 Å². The van der Waals surface area contributed by atoms with Crippen LogP contribution in [0.2, 0.25) is 0 Å². The van der Waals surface area contributed by atoms with Gasteiger partial charge in [0.1, 0.15) is 11.9 Å². The summed E-state index contributed by atoms with van der Waals surface area (Å²) in [5.41, 5.74) is 2.34. The normalized spacial score (nSPS) is 19.3. The van der Waals surface area contributed by atoms with E-state index in [4.69, 9.17) is 27.0 Å². The topological polar surface area (TPSA) is 107 Å². The van der Waals surface area contributed by atoms with Crippen molar-refractivity contribution in [3.05, 3.63) is 24.0 Å². The van der Waals surface area contributed by atoms with Crippen LogP contribution in [0.5, 0.6) is 0 Å². The summed E-state index contributed by atoms with van der Waals surface area (Å²) in [6.07, 6.45) is -4.77. The molecular formula is C17H20F3N5O5S. The molecule has 0 unspecified atom stereocenters. The van der Waals surface area contributed by atoms with E-state index in [-0.39, 0.29) is 42.7 Å². The molecule has 31 heavy (non-hydrogen) atoms. The van der Waals surface area contributed by atoms with Gasteiger partial charge in [0.2, 0.25) is 5.11 Å². The quantitative estimate of drug-likeness (QED) is 0.433. The number of carbonyl (C=O) groups is 2. The van der Waals surface area contributed by atoms with Gasteiger partial charge in [0.15, 0.2) is 0 Å². The predicted octanol–water partition coefficient (Wildman–Crippen LogP) is 0.849. The molecule has 2 aliphatic rings. The molecule has 0 aliphatic carbocycles. The lowest BCUT2D eigenvalue weighted by molar-refractivity contribution is -0.132. The molecule has 0 radical (unpaired) electrons. The van der Waals surface area contributed by atoms with Gasteiger partial charge >= 0.3 is 12.5 Å². The zero-order valence-corrected chi connectivity index (χ0v) is 16.9. The first-order valence-electron chi connectivity index (χ1n) is 9.23. The highest BCUT2D eigenvalue weighted by Gasteiger charge is 2.33. The molecule has 1 aromatic rings. The lowest BCUT2D eigenvalue weighted by Gasteiger charge is -2.24. The Balaban J connectivity index is 1.63. The molecule has 3 rings (SSSR count). The first kappa shape index (κ1) is 22.8. The molecule has 0 saturated carbocycles. The van der Waals surface area contributed by atoms with E-state index in [9.17, 15) is 22.8 Å². The van der Waals surface area contributed by atoms with Gasteiger partial charge in [-0.05, 0) is 30.4 Å². The summed E-state index contributed by atoms with van der Waals surface area (Å²) in [5.74, 6) is -2.04. The number of nitrogens with one attached hydrogen (secondary N) is 2. The minimum Gasteiger partial charge on any atom is -0.442 e. The average Bonchev–Trinajstić information content (AvgIpc) is 2.95. The Labute approximate surface area is 180 Å². The SMILES string of the molecule is O=C(NC[C@H]1CN(c2ccc(N3CCON(C(=S)NO)CC3)c(F)c2)C(=O)O1)C(F)F. The molecule has 2 amide bonds. The van der Waals surface area contributed by atoms with E-state index in [1.165, 1.54) is 23.3 Å². The zero-order chi connectivity index (χ0) is 22.5. The number of rotatable bonds is 5. The van der Waals surface area contributed by atoms with Crippen molar-refractivity contribution in [3.63, 3.8) is 0 Å². The number of hydrogen-bond donors (Lipinski definition) is 3. The van der Waals surface area contributed by atoms with Gasteiger partial charge < -0.3 is 15.0 Å². The molecule has 170 valence electrons. The Bertz CT molecular complexity index is 848. The average molecular weight is 463 g/mol. The summed E-state index contributed by atoms with van der Waals surface area (Å²) >= 11 is 4.90. The van der Waals surface area contributed by atoms with Crippen LogP contribution in [0.1, 0.15) is 0 Å². The first-order valence-corrected chi connectivity index (χ1v) is 9.64. The van der Waals surface area contributed by atoms with E-state index in [0.717, 1.165) is 4.90 Å². The molecule has 10 nitrogen and oxygen atoms in total. The van der Waals surface area contributed by atoms with Crippen LogP contribution in [0.3, 0.4) is 0 Å². The number of carbonyl (C=O) groups excluding carboxylic acids is 2. The molecule has 3 N–H and O–H groups in total. The van der Waals surface area contributed by atoms with Crippen molar-refractivity contribution in [1.29, 1.82) is 0 Å². The van der Waals surface area contributed by atoms with Gasteiger partial charge in [0.05, 0.1) is 37.6 Å². The number of hydrogen-bond acceptors (Lipinski definition) is 7. The van der Waals surface area contributed by atoms with Crippen LogP contribution in [0.15, 0.2) is 18.2 Å². The molecule has 14 heteroatoms. The number of anilines is 2. The van der Waals surface area contributed by atoms with Gasteiger partial charge in [0.25, 0.3) is 5.91 Å². The third kappa shape index (κ3) is 5.45. The van der Waals surface area contributed by atoms with Crippen molar-refractivity contribution in [1.82, 2.24) is 15.9 Å². The number of thiocarbonyl (C=S) groups is 1. The Morgan fingerprint density at radius 3 is 2.77 bits per heavy atom. The second-order valence-electron chi connectivity index (χ2n) is 6.64. The second kappa shape index (κ2) is 9.98. The minimum atomic E-state index is -3.17. The smallest absolute Gasteiger partial charge is 0.414 e. The molecule has 2 aliphatic heterocycles. The molecule has 0 spiro atoms. The molecule has 0 aromatic heterocycles. The van der Waals surface area contributed by atoms with Crippen LogP contribution in [-0.4, -0.2) is 79.2 Å². The highest BCUT2D eigenvalue weighted by atomic mass is 32.1. The molecular weight excluding hydrogens is 443 g/mol. The molecule has 1 aromatic carbocycles. The maximum Gasteiger partial charge on any atom is 0.414 e. The predicted molar refractivity (Wildman–Crippen MR) is 105 cm³/mol. The lowest BCUT2D eigenvalue weighted by Crippen LogP contribution is -2.39. The van der Waals surface area contributed by atoms with Crippen molar-refractivity contribution in [2.45, 2.75) is 12.5 Å². The largest absolute Gasteiger partial charge is 0.442 e. The Hall–Kier alpha value is -2.84. The minimum absolute atomic E-state index is 0.00971. The number of nitrogens with zero attached hydrogens (tertiary/aromatic N) is 3. The second-order valence-corrected chi connectivity index (χ2v) is 7.02. The molecule has 2 fully saturated rings. The van der Waals surface area contributed by atoms with Gasteiger partial charge in [-0.15, -0.1) is 0 Å². The fourth-order valence-corrected chi connectivity index (χ4v) is 3.30. The van der Waals surface area contributed by atoms with Crippen molar-refractivity contribution in [3.8, 4) is 0 Å². The van der Waals surface area contributed by atoms with E-state index in [1.54, 1.807) is 4.90 Å². The summed E-state index contributed by atoms with van der Waals surface area (Å²) in [6.45, 7) is 0.889. The third-order valence-electron chi connectivity index (χ3n) is 4.66. The van der Waals surface area contributed by atoms with Gasteiger partial charge in [-0.1, -0.05) is 0 Å². The fraction of sp³-hybridized carbons (Fsp3) is 0.471. The van der Waals surface area contributed by atoms with E-state index in [2.05, 4.69) is 0 Å². The highest BCUT2D eigenvalue weighted by Crippen LogP contribution is 2.28. The summed E-state index contributed by atoms with van der Waals surface area (Å²) < 4.78 is 44.4. The van der Waals surface area contributed by atoms with Gasteiger partial charge in [-0.25, -0.2) is 19.7 Å². The van der Waals surface area contributed by atoms with E-state index >= 15 is 0 Å². The third-order valence-corrected chi connectivity index (χ3v) is 4.96. The summed E-state index contributed by atoms with van der Waals surface area (Å²) in [6, 6.07) is 4.20. The number of ether oxygens (including phenoxy) is 1. The zero-order valence-electron chi connectivity index (χ0n) is 16.1. The van der Waals surface area contributed by atoms with Crippen molar-refractivity contribution in [2.75, 3.05) is 49.1 Å². The van der Waals surface area contributed by atoms with E-state index in [0.29, 0.717) is 13.1 Å². The summed E-state index contributed by atoms with van der Waals surface area (Å²) in [4.78, 5) is 31.3. The highest BCUT2D eigenvalue weighted by molar-refractivity contribution is 7.80. The molecule has 2 heterocycles. The number of halogens is 3. The lowest BCUT2D eigenvalue weighted by atomic mass is 10.2. The van der Waals surface area contributed by atoms with Crippen molar-refractivity contribution in [2.24, 2.45) is 0 Å². The molecule has 1 atom stereocenters. The maximum absolute atomic E-state index is 14.8. The number of hydroxylamine groups is 3. The first-order chi connectivity index (χ1) is 14.8. The van der Waals surface area contributed by atoms with Crippen molar-refractivity contribution >= 4 is 40.7 Å². The maximum atomic E-state index is 14.8. The van der Waals surface area contributed by atoms with E-state index < -0.39 is 30.3 Å². The summed E-state index contributed by atoms with van der Waals surface area (Å²) in [7, 11) is 0. The number of amides is 2. The fourth-order valence-electron chi connectivity index (χ4n) is 3.16. The van der Waals surface area contributed by atoms with Gasteiger partial charge in [0, 0.05) is 13.1 Å². The Kier molecular flexibility index (Phi) is 7.35. The van der Waals surface area contributed by atoms with E-state index in [1.807, 2.05) is 10.8 Å². The van der Waals surface area contributed by atoms with Crippen LogP contribution in [0.25, 0.3) is 0 Å². The van der Waals surface area contributed by atoms with Crippen LogP contribution in [0.4, 0.5) is 29.3 Å². The standard InChI is InChI=1S/C17H20F3N5O5S/c18-12-7-10(24-9-11(30-17(24)27)8-21-15(26)14(19)20)1-2-13(12)23-3-4-25(16(31)22-28)29-6-5-23/h1-2,7,11,14,28H,3-6,8-9H2,(H,21,26)(H,22,31)/t11-/m0/s1. The number of cyclic esters (lactones) is 1. The number of alkyl halides is 2. The number of benzene rings is 1. The molecule has 2 saturated heterocycles. The summed E-state index contributed by atoms with van der Waals surface area (Å²) in [5, 5.41) is 12.1. The Morgan fingerprint density at radius 1 is 1.32 bits per heavy atom. The Morgan fingerprint density at radius 2 is 2.10 bits per heavy atom. The monoisotopic (exact) mass is 463 g/mol. The van der Waals surface area contributed by atoms with Crippen molar-refractivity contribution < 1.29 is 37.5 Å². The van der Waals surface area contributed by atoms with Crippen LogP contribution < -0.4 is 20.6 Å². The van der Waals surface area contributed by atoms with Gasteiger partial charge in [-0.2, -0.15) is 8.78 Å². The molecule has 0 bridgehead atoms.